The van der Waals surface area contributed by atoms with Crippen LogP contribution >= 0.6 is 0 Å². The maximum absolute atomic E-state index is 15.0. The fourth-order valence-electron chi connectivity index (χ4n) is 3.70. The van der Waals surface area contributed by atoms with Gasteiger partial charge in [-0.1, -0.05) is 12.1 Å². The van der Waals surface area contributed by atoms with Crippen LogP contribution in [0, 0.1) is 5.82 Å². The lowest BCUT2D eigenvalue weighted by Gasteiger charge is -2.18. The van der Waals surface area contributed by atoms with Gasteiger partial charge in [0.15, 0.2) is 23.1 Å². The molecule has 2 N–H and O–H groups in total. The largest absolute Gasteiger partial charge is 0.486 e. The maximum atomic E-state index is 15.0. The lowest BCUT2D eigenvalue weighted by atomic mass is 10.00. The average molecular weight is 467 g/mol. The van der Waals surface area contributed by atoms with Crippen LogP contribution in [0.2, 0.25) is 0 Å². The first-order chi connectivity index (χ1) is 15.8. The third-order valence-electron chi connectivity index (χ3n) is 5.19. The number of sulfonamides is 1. The van der Waals surface area contributed by atoms with Crippen molar-refractivity contribution in [3.8, 4) is 22.6 Å². The molecule has 0 amide bonds. The fraction of sp³-hybridized carbons (Fsp3) is 0.130. The number of aromatic amines is 1. The summed E-state index contributed by atoms with van der Waals surface area (Å²) in [6.45, 7) is 0.954. The first-order valence-corrected chi connectivity index (χ1v) is 11.9. The lowest BCUT2D eigenvalue weighted by molar-refractivity contribution is 0.103. The normalized spacial score (nSPS) is 13.2. The quantitative estimate of drug-likeness (QED) is 0.433. The molecule has 0 spiro atoms. The number of fused-ring (bicyclic) bond motifs is 2. The topological polar surface area (TPSA) is 110 Å². The monoisotopic (exact) mass is 467 g/mol. The van der Waals surface area contributed by atoms with Gasteiger partial charge in [-0.25, -0.2) is 17.8 Å². The maximum Gasteiger partial charge on any atom is 0.229 e. The number of carbonyl (C=O) groups is 1. The van der Waals surface area contributed by atoms with Crippen LogP contribution in [0.5, 0.6) is 11.5 Å². The van der Waals surface area contributed by atoms with E-state index in [1.807, 2.05) is 18.2 Å². The smallest absolute Gasteiger partial charge is 0.229 e. The van der Waals surface area contributed by atoms with E-state index in [-0.39, 0.29) is 16.8 Å². The number of aromatic nitrogens is 2. The van der Waals surface area contributed by atoms with Gasteiger partial charge in [-0.15, -0.1) is 0 Å². The highest BCUT2D eigenvalue weighted by Gasteiger charge is 2.22. The van der Waals surface area contributed by atoms with E-state index in [0.29, 0.717) is 35.7 Å². The number of hydrogen-bond acceptors (Lipinski definition) is 6. The predicted octanol–water partition coefficient (Wildman–Crippen LogP) is 3.74. The number of nitrogens with zero attached hydrogens (tertiary/aromatic N) is 1. The number of benzene rings is 2. The summed E-state index contributed by atoms with van der Waals surface area (Å²) in [7, 11) is -3.71. The molecule has 10 heteroatoms. The fourth-order valence-corrected chi connectivity index (χ4v) is 4.26. The van der Waals surface area contributed by atoms with E-state index in [0.717, 1.165) is 17.4 Å². The zero-order valence-electron chi connectivity index (χ0n) is 17.4. The molecule has 0 saturated carbocycles. The average Bonchev–Trinajstić information content (AvgIpc) is 3.22. The van der Waals surface area contributed by atoms with Gasteiger partial charge in [-0.05, 0) is 35.9 Å². The van der Waals surface area contributed by atoms with Crippen LogP contribution in [-0.4, -0.2) is 43.6 Å². The van der Waals surface area contributed by atoms with Crippen molar-refractivity contribution in [1.29, 1.82) is 0 Å². The molecular formula is C23H18FN3O5S. The number of ether oxygens (including phenoxy) is 2. The minimum atomic E-state index is -3.71. The Morgan fingerprint density at radius 3 is 2.64 bits per heavy atom. The number of carbonyl (C=O) groups excluding carboxylic acids is 1. The van der Waals surface area contributed by atoms with Gasteiger partial charge in [0.2, 0.25) is 10.0 Å². The number of hydrogen-bond donors (Lipinski definition) is 2. The molecule has 8 nitrogen and oxygen atoms in total. The highest BCUT2D eigenvalue weighted by molar-refractivity contribution is 7.92. The number of halogens is 1. The first-order valence-electron chi connectivity index (χ1n) is 9.98. The Morgan fingerprint density at radius 2 is 1.85 bits per heavy atom. The second-order valence-electron chi connectivity index (χ2n) is 7.55. The van der Waals surface area contributed by atoms with E-state index < -0.39 is 21.6 Å². The minimum absolute atomic E-state index is 0.215. The summed E-state index contributed by atoms with van der Waals surface area (Å²) in [6.07, 6.45) is 4.03. The van der Waals surface area contributed by atoms with Crippen molar-refractivity contribution in [2.24, 2.45) is 0 Å². The third kappa shape index (κ3) is 4.00. The molecule has 0 radical (unpaired) electrons. The zero-order valence-corrected chi connectivity index (χ0v) is 18.2. The van der Waals surface area contributed by atoms with Crippen LogP contribution in [-0.2, 0) is 10.0 Å². The first kappa shape index (κ1) is 21.0. The Bertz CT molecular complexity index is 1510. The highest BCUT2D eigenvalue weighted by Crippen LogP contribution is 2.35. The molecule has 0 atom stereocenters. The van der Waals surface area contributed by atoms with Crippen LogP contribution in [0.3, 0.4) is 0 Å². The SMILES string of the molecule is CS(=O)(=O)Nc1cccc(C(=O)c2c[nH]c3ncc(-c4ccc5c(c4)OCCO5)cc23)c1F. The molecule has 4 aromatic rings. The van der Waals surface area contributed by atoms with Gasteiger partial charge in [-0.3, -0.25) is 9.52 Å². The number of pyridine rings is 1. The molecule has 0 bridgehead atoms. The molecule has 3 heterocycles. The highest BCUT2D eigenvalue weighted by atomic mass is 32.2. The zero-order chi connectivity index (χ0) is 23.2. The van der Waals surface area contributed by atoms with Crippen molar-refractivity contribution in [3.05, 3.63) is 71.8 Å². The summed E-state index contributed by atoms with van der Waals surface area (Å²) in [5, 5.41) is 0.508. The van der Waals surface area contributed by atoms with Gasteiger partial charge in [0.1, 0.15) is 18.9 Å². The van der Waals surface area contributed by atoms with Crippen LogP contribution in [0.25, 0.3) is 22.2 Å². The van der Waals surface area contributed by atoms with Gasteiger partial charge >= 0.3 is 0 Å². The van der Waals surface area contributed by atoms with Crippen LogP contribution in [0.4, 0.5) is 10.1 Å². The molecule has 1 aliphatic heterocycles. The number of ketones is 1. The van der Waals surface area contributed by atoms with Crippen LogP contribution in [0.15, 0.2) is 54.9 Å². The van der Waals surface area contributed by atoms with E-state index >= 15 is 0 Å². The van der Waals surface area contributed by atoms with Gasteiger partial charge in [0.25, 0.3) is 0 Å². The molecule has 5 rings (SSSR count). The van der Waals surface area contributed by atoms with Crippen molar-refractivity contribution in [3.63, 3.8) is 0 Å². The summed E-state index contributed by atoms with van der Waals surface area (Å²) < 4.78 is 51.2. The molecule has 1 aliphatic rings. The van der Waals surface area contributed by atoms with Crippen molar-refractivity contribution in [2.75, 3.05) is 24.2 Å². The predicted molar refractivity (Wildman–Crippen MR) is 121 cm³/mol. The van der Waals surface area contributed by atoms with E-state index in [9.17, 15) is 17.6 Å². The van der Waals surface area contributed by atoms with Crippen LogP contribution < -0.4 is 14.2 Å². The van der Waals surface area contributed by atoms with Gasteiger partial charge in [0.05, 0.1) is 17.5 Å². The van der Waals surface area contributed by atoms with E-state index in [4.69, 9.17) is 9.47 Å². The summed E-state index contributed by atoms with van der Waals surface area (Å²) in [4.78, 5) is 20.5. The molecular weight excluding hydrogens is 449 g/mol. The molecule has 2 aromatic carbocycles. The number of H-pyrrole nitrogens is 1. The van der Waals surface area contributed by atoms with Gasteiger partial charge in [0, 0.05) is 28.9 Å². The Labute approximate surface area is 188 Å². The Hall–Kier alpha value is -3.92. The molecule has 2 aromatic heterocycles. The summed E-state index contributed by atoms with van der Waals surface area (Å²) >= 11 is 0. The second-order valence-corrected chi connectivity index (χ2v) is 9.30. The van der Waals surface area contributed by atoms with E-state index in [2.05, 4.69) is 14.7 Å². The third-order valence-corrected chi connectivity index (χ3v) is 5.78. The molecule has 0 aliphatic carbocycles. The molecule has 168 valence electrons. The second kappa shape index (κ2) is 7.89. The summed E-state index contributed by atoms with van der Waals surface area (Å²) in [6, 6.07) is 11.3. The van der Waals surface area contributed by atoms with Crippen molar-refractivity contribution >= 4 is 32.5 Å². The van der Waals surface area contributed by atoms with E-state index in [1.165, 1.54) is 24.4 Å². The standard InChI is InChI=1S/C23H18FN3O5S/c1-33(29,30)27-18-4-2-3-15(21(18)24)22(28)17-12-26-23-16(17)9-14(11-25-23)13-5-6-19-20(10-13)32-8-7-31-19/h2-6,9-12,27H,7-8H2,1H3,(H,25,26). The summed E-state index contributed by atoms with van der Waals surface area (Å²) in [5.41, 5.74) is 1.69. The van der Waals surface area contributed by atoms with E-state index in [1.54, 1.807) is 12.3 Å². The van der Waals surface area contributed by atoms with Crippen LogP contribution in [0.1, 0.15) is 15.9 Å². The van der Waals surface area contributed by atoms with Gasteiger partial charge < -0.3 is 14.5 Å². The van der Waals surface area contributed by atoms with Crippen molar-refractivity contribution in [1.82, 2.24) is 9.97 Å². The Kier molecular flexibility index (Phi) is 5.01. The number of rotatable bonds is 5. The molecule has 33 heavy (non-hydrogen) atoms. The molecule has 0 unspecified atom stereocenters. The Balaban J connectivity index is 1.55. The van der Waals surface area contributed by atoms with Gasteiger partial charge in [-0.2, -0.15) is 0 Å². The lowest BCUT2D eigenvalue weighted by Crippen LogP contribution is -2.15. The van der Waals surface area contributed by atoms with Crippen molar-refractivity contribution < 1.29 is 27.1 Å². The number of anilines is 1. The number of nitrogens with one attached hydrogen (secondary N) is 2. The minimum Gasteiger partial charge on any atom is -0.486 e. The Morgan fingerprint density at radius 1 is 1.06 bits per heavy atom. The molecule has 0 saturated heterocycles. The molecule has 0 fully saturated rings. The van der Waals surface area contributed by atoms with Crippen molar-refractivity contribution in [2.45, 2.75) is 0 Å². The summed E-state index contributed by atoms with van der Waals surface area (Å²) in [5.74, 6) is -0.258.